The van der Waals surface area contributed by atoms with Gasteiger partial charge in [-0.3, -0.25) is 4.84 Å². The number of hydroxylamine groups is 1. The van der Waals surface area contributed by atoms with Gasteiger partial charge in [0.1, 0.15) is 15.9 Å². The number of aromatic nitrogens is 2. The molecule has 1 aliphatic heterocycles. The maximum Gasteiger partial charge on any atom is 0.407 e. The SMILES string of the molecule is CON(C(=O)N1CCC(NC(=O)OC(C)(C)C)C1)c1nc2cccnc2s1. The number of hydrogen-bond donors (Lipinski definition) is 1. The predicted octanol–water partition coefficient (Wildman–Crippen LogP) is 2.78. The van der Waals surface area contributed by atoms with Gasteiger partial charge < -0.3 is 15.0 Å². The fourth-order valence-electron chi connectivity index (χ4n) is 2.74. The quantitative estimate of drug-likeness (QED) is 0.806. The molecular weight excluding hydrogens is 370 g/mol. The zero-order chi connectivity index (χ0) is 19.6. The van der Waals surface area contributed by atoms with Crippen molar-refractivity contribution in [1.29, 1.82) is 0 Å². The molecule has 1 atom stereocenters. The largest absolute Gasteiger partial charge is 0.444 e. The Labute approximate surface area is 161 Å². The van der Waals surface area contributed by atoms with Crippen LogP contribution in [0.15, 0.2) is 18.3 Å². The molecule has 0 saturated carbocycles. The number of likely N-dealkylation sites (tertiary alicyclic amines) is 1. The Morgan fingerprint density at radius 3 is 2.85 bits per heavy atom. The Morgan fingerprint density at radius 2 is 2.19 bits per heavy atom. The van der Waals surface area contributed by atoms with Gasteiger partial charge in [0.15, 0.2) is 0 Å². The van der Waals surface area contributed by atoms with Crippen LogP contribution in [0.2, 0.25) is 0 Å². The maximum absolute atomic E-state index is 12.8. The Bertz CT molecular complexity index is 801. The Hall–Kier alpha value is -2.46. The molecule has 1 fully saturated rings. The predicted molar refractivity (Wildman–Crippen MR) is 102 cm³/mol. The average molecular weight is 393 g/mol. The summed E-state index contributed by atoms with van der Waals surface area (Å²) in [5.41, 5.74) is 0.143. The van der Waals surface area contributed by atoms with Crippen molar-refractivity contribution in [2.45, 2.75) is 38.8 Å². The number of nitrogens with one attached hydrogen (secondary N) is 1. The van der Waals surface area contributed by atoms with Crippen LogP contribution < -0.4 is 10.4 Å². The van der Waals surface area contributed by atoms with Gasteiger partial charge in [-0.05, 0) is 39.3 Å². The monoisotopic (exact) mass is 393 g/mol. The van der Waals surface area contributed by atoms with Gasteiger partial charge in [-0.2, -0.15) is 0 Å². The number of ether oxygens (including phenoxy) is 1. The van der Waals surface area contributed by atoms with Crippen LogP contribution in [0, 0.1) is 0 Å². The number of carbonyl (C=O) groups excluding carboxylic acids is 2. The molecule has 9 nitrogen and oxygen atoms in total. The van der Waals surface area contributed by atoms with E-state index in [2.05, 4.69) is 15.3 Å². The topological polar surface area (TPSA) is 96.9 Å². The number of urea groups is 1. The van der Waals surface area contributed by atoms with Gasteiger partial charge in [0, 0.05) is 19.3 Å². The van der Waals surface area contributed by atoms with E-state index >= 15 is 0 Å². The number of amides is 3. The van der Waals surface area contributed by atoms with E-state index in [1.807, 2.05) is 6.07 Å². The molecule has 1 unspecified atom stereocenters. The molecule has 0 aliphatic carbocycles. The average Bonchev–Trinajstić information content (AvgIpc) is 3.20. The second-order valence-electron chi connectivity index (χ2n) is 7.16. The van der Waals surface area contributed by atoms with Crippen LogP contribution in [0.5, 0.6) is 0 Å². The highest BCUT2D eigenvalue weighted by atomic mass is 32.1. The summed E-state index contributed by atoms with van der Waals surface area (Å²) in [5.74, 6) is 0. The highest BCUT2D eigenvalue weighted by Gasteiger charge is 2.33. The smallest absolute Gasteiger partial charge is 0.407 e. The number of thiazole rings is 1. The molecule has 1 aliphatic rings. The molecule has 1 saturated heterocycles. The normalized spacial score (nSPS) is 17.2. The van der Waals surface area contributed by atoms with E-state index in [1.54, 1.807) is 37.9 Å². The second kappa shape index (κ2) is 7.65. The maximum atomic E-state index is 12.8. The third kappa shape index (κ3) is 4.64. The molecule has 0 spiro atoms. The lowest BCUT2D eigenvalue weighted by atomic mass is 10.2. The second-order valence-corrected chi connectivity index (χ2v) is 8.12. The van der Waals surface area contributed by atoms with Crippen LogP contribution in [0.4, 0.5) is 14.7 Å². The number of hydrogen-bond acceptors (Lipinski definition) is 7. The van der Waals surface area contributed by atoms with Gasteiger partial charge in [0.2, 0.25) is 5.13 Å². The standard InChI is InChI=1S/C17H23N5O4S/c1-17(2,3)26-15(23)19-11-7-9-21(10-11)16(24)22(25-4)14-20-12-6-5-8-18-13(12)27-14/h5-6,8,11H,7,9-10H2,1-4H3,(H,19,23). The molecule has 27 heavy (non-hydrogen) atoms. The summed E-state index contributed by atoms with van der Waals surface area (Å²) in [4.78, 5) is 41.0. The van der Waals surface area contributed by atoms with Gasteiger partial charge in [-0.1, -0.05) is 11.3 Å². The zero-order valence-electron chi connectivity index (χ0n) is 15.8. The molecule has 1 N–H and O–H groups in total. The number of anilines is 1. The highest BCUT2D eigenvalue weighted by Crippen LogP contribution is 2.28. The van der Waals surface area contributed by atoms with Gasteiger partial charge in [0.25, 0.3) is 0 Å². The number of nitrogens with zero attached hydrogens (tertiary/aromatic N) is 4. The Kier molecular flexibility index (Phi) is 5.47. The van der Waals surface area contributed by atoms with E-state index in [-0.39, 0.29) is 12.1 Å². The number of pyridine rings is 1. The molecule has 0 radical (unpaired) electrons. The van der Waals surface area contributed by atoms with Gasteiger partial charge in [-0.15, -0.1) is 5.06 Å². The first-order valence-corrected chi connectivity index (χ1v) is 9.42. The van der Waals surface area contributed by atoms with E-state index < -0.39 is 11.7 Å². The minimum Gasteiger partial charge on any atom is -0.444 e. The summed E-state index contributed by atoms with van der Waals surface area (Å²) in [6, 6.07) is 3.12. The molecule has 3 amide bonds. The molecular formula is C17H23N5O4S. The van der Waals surface area contributed by atoms with Gasteiger partial charge in [0.05, 0.1) is 13.2 Å². The van der Waals surface area contributed by atoms with E-state index in [9.17, 15) is 9.59 Å². The zero-order valence-corrected chi connectivity index (χ0v) is 16.6. The van der Waals surface area contributed by atoms with Crippen molar-refractivity contribution in [3.05, 3.63) is 18.3 Å². The first-order valence-electron chi connectivity index (χ1n) is 8.61. The third-order valence-corrected chi connectivity index (χ3v) is 4.81. The molecule has 146 valence electrons. The van der Waals surface area contributed by atoms with E-state index in [0.717, 1.165) is 9.89 Å². The van der Waals surface area contributed by atoms with Gasteiger partial charge >= 0.3 is 12.1 Å². The molecule has 3 rings (SSSR count). The Morgan fingerprint density at radius 1 is 1.41 bits per heavy atom. The van der Waals surface area contributed by atoms with Crippen molar-refractivity contribution in [1.82, 2.24) is 20.2 Å². The van der Waals surface area contributed by atoms with E-state index in [1.165, 1.54) is 18.4 Å². The van der Waals surface area contributed by atoms with Crippen LogP contribution in [-0.2, 0) is 9.57 Å². The number of fused-ring (bicyclic) bond motifs is 1. The highest BCUT2D eigenvalue weighted by molar-refractivity contribution is 7.21. The minimum atomic E-state index is -0.564. The van der Waals surface area contributed by atoms with E-state index in [4.69, 9.17) is 9.57 Å². The summed E-state index contributed by atoms with van der Waals surface area (Å²) < 4.78 is 5.26. The van der Waals surface area contributed by atoms with Crippen LogP contribution in [-0.4, -0.2) is 58.8 Å². The molecule has 3 heterocycles. The molecule has 0 bridgehead atoms. The molecule has 10 heteroatoms. The third-order valence-electron chi connectivity index (χ3n) is 3.86. The van der Waals surface area contributed by atoms with Crippen LogP contribution in [0.25, 0.3) is 10.3 Å². The van der Waals surface area contributed by atoms with Crippen molar-refractivity contribution >= 4 is 38.9 Å². The minimum absolute atomic E-state index is 0.167. The first kappa shape index (κ1) is 19.3. The molecule has 2 aromatic heterocycles. The number of alkyl carbamates (subject to hydrolysis) is 1. The Balaban J connectivity index is 1.63. The van der Waals surface area contributed by atoms with Crippen molar-refractivity contribution in [2.75, 3.05) is 25.3 Å². The fourth-order valence-corrected chi connectivity index (χ4v) is 3.62. The van der Waals surface area contributed by atoms with Crippen LogP contribution >= 0.6 is 11.3 Å². The first-order chi connectivity index (χ1) is 12.8. The van der Waals surface area contributed by atoms with Crippen LogP contribution in [0.3, 0.4) is 0 Å². The number of rotatable bonds is 3. The van der Waals surface area contributed by atoms with Gasteiger partial charge in [-0.25, -0.2) is 19.6 Å². The summed E-state index contributed by atoms with van der Waals surface area (Å²) in [5, 5.41) is 4.37. The van der Waals surface area contributed by atoms with Crippen molar-refractivity contribution < 1.29 is 19.2 Å². The van der Waals surface area contributed by atoms with Crippen molar-refractivity contribution in [2.24, 2.45) is 0 Å². The van der Waals surface area contributed by atoms with E-state index in [0.29, 0.717) is 30.2 Å². The van der Waals surface area contributed by atoms with Crippen molar-refractivity contribution in [3.63, 3.8) is 0 Å². The fraction of sp³-hybridized carbons (Fsp3) is 0.529. The molecule has 2 aromatic rings. The molecule has 0 aromatic carbocycles. The summed E-state index contributed by atoms with van der Waals surface area (Å²) in [7, 11) is 1.42. The van der Waals surface area contributed by atoms with Crippen LogP contribution in [0.1, 0.15) is 27.2 Å². The lowest BCUT2D eigenvalue weighted by molar-refractivity contribution is 0.0506. The number of carbonyl (C=O) groups is 2. The summed E-state index contributed by atoms with van der Waals surface area (Å²) in [6.07, 6.45) is 1.84. The lowest BCUT2D eigenvalue weighted by Gasteiger charge is -2.24. The summed E-state index contributed by atoms with van der Waals surface area (Å²) >= 11 is 1.28. The van der Waals surface area contributed by atoms with Crippen molar-refractivity contribution in [3.8, 4) is 0 Å². The lowest BCUT2D eigenvalue weighted by Crippen LogP contribution is -2.44. The summed E-state index contributed by atoms with van der Waals surface area (Å²) in [6.45, 7) is 6.30.